The Morgan fingerprint density at radius 2 is 2.06 bits per heavy atom. The van der Waals surface area contributed by atoms with Crippen LogP contribution in [0.25, 0.3) is 0 Å². The Morgan fingerprint density at radius 1 is 1.41 bits per heavy atom. The lowest BCUT2D eigenvalue weighted by Crippen LogP contribution is -2.43. The van der Waals surface area contributed by atoms with Gasteiger partial charge in [0.25, 0.3) is 0 Å². The van der Waals surface area contributed by atoms with E-state index in [4.69, 9.17) is 5.73 Å². The first-order chi connectivity index (χ1) is 7.90. The van der Waals surface area contributed by atoms with Gasteiger partial charge in [-0.3, -0.25) is 10.1 Å². The number of carbonyl (C=O) groups excluding carboxylic acids is 2. The summed E-state index contributed by atoms with van der Waals surface area (Å²) in [5, 5.41) is 4.99. The van der Waals surface area contributed by atoms with E-state index < -0.39 is 18.0 Å². The van der Waals surface area contributed by atoms with Crippen molar-refractivity contribution in [2.24, 2.45) is 5.73 Å². The van der Waals surface area contributed by atoms with E-state index in [2.05, 4.69) is 21.2 Å². The van der Waals surface area contributed by atoms with Gasteiger partial charge < -0.3 is 11.1 Å². The van der Waals surface area contributed by atoms with Gasteiger partial charge in [0.2, 0.25) is 5.91 Å². The number of nitrogens with one attached hydrogen (secondary N) is 2. The molecule has 17 heavy (non-hydrogen) atoms. The molecule has 5 nitrogen and oxygen atoms in total. The van der Waals surface area contributed by atoms with Crippen LogP contribution in [-0.4, -0.2) is 18.0 Å². The first-order valence-electron chi connectivity index (χ1n) is 5.03. The molecule has 1 aromatic rings. The van der Waals surface area contributed by atoms with Gasteiger partial charge >= 0.3 is 6.03 Å². The summed E-state index contributed by atoms with van der Waals surface area (Å²) in [6.07, 6.45) is 0. The van der Waals surface area contributed by atoms with Crippen LogP contribution in [0.5, 0.6) is 0 Å². The van der Waals surface area contributed by atoms with E-state index in [-0.39, 0.29) is 0 Å². The molecule has 6 heteroatoms. The number of urea groups is 1. The SMILES string of the molecule is Cc1ccc(NC(C)C(=O)NC(N)=O)c(Br)c1. The van der Waals surface area contributed by atoms with Gasteiger partial charge in [0.05, 0.1) is 0 Å². The van der Waals surface area contributed by atoms with Crippen molar-refractivity contribution in [3.05, 3.63) is 28.2 Å². The molecule has 0 fully saturated rings. The standard InChI is InChI=1S/C11H14BrN3O2/c1-6-3-4-9(8(12)5-6)14-7(2)10(16)15-11(13)17/h3-5,7,14H,1-2H3,(H3,13,15,16,17). The van der Waals surface area contributed by atoms with E-state index in [0.717, 1.165) is 15.7 Å². The van der Waals surface area contributed by atoms with Gasteiger partial charge in [0, 0.05) is 10.2 Å². The fourth-order valence-electron chi connectivity index (χ4n) is 1.27. The molecule has 0 aliphatic rings. The zero-order chi connectivity index (χ0) is 13.0. The molecule has 0 saturated heterocycles. The van der Waals surface area contributed by atoms with E-state index in [0.29, 0.717) is 0 Å². The minimum absolute atomic E-state index is 0.468. The van der Waals surface area contributed by atoms with Gasteiger partial charge in [-0.15, -0.1) is 0 Å². The summed E-state index contributed by atoms with van der Waals surface area (Å²) < 4.78 is 0.858. The van der Waals surface area contributed by atoms with Crippen LogP contribution in [0.3, 0.4) is 0 Å². The first kappa shape index (κ1) is 13.5. The fraction of sp³-hybridized carbons (Fsp3) is 0.273. The average Bonchev–Trinajstić information content (AvgIpc) is 2.21. The number of amides is 3. The van der Waals surface area contributed by atoms with Crippen molar-refractivity contribution >= 4 is 33.6 Å². The highest BCUT2D eigenvalue weighted by Gasteiger charge is 2.14. The summed E-state index contributed by atoms with van der Waals surface area (Å²) in [4.78, 5) is 22.0. The van der Waals surface area contributed by atoms with Crippen LogP contribution in [0.4, 0.5) is 10.5 Å². The molecule has 92 valence electrons. The lowest BCUT2D eigenvalue weighted by Gasteiger charge is -2.15. The van der Waals surface area contributed by atoms with Crippen molar-refractivity contribution in [2.75, 3.05) is 5.32 Å². The van der Waals surface area contributed by atoms with Gasteiger partial charge in [-0.1, -0.05) is 6.07 Å². The maximum absolute atomic E-state index is 11.4. The minimum Gasteiger partial charge on any atom is -0.373 e. The third-order valence-electron chi connectivity index (χ3n) is 2.14. The van der Waals surface area contributed by atoms with Crippen LogP contribution in [0.15, 0.2) is 22.7 Å². The van der Waals surface area contributed by atoms with E-state index >= 15 is 0 Å². The van der Waals surface area contributed by atoms with Crippen molar-refractivity contribution in [1.82, 2.24) is 5.32 Å². The topological polar surface area (TPSA) is 84.2 Å². The summed E-state index contributed by atoms with van der Waals surface area (Å²) in [6, 6.07) is 4.30. The van der Waals surface area contributed by atoms with Crippen LogP contribution in [-0.2, 0) is 4.79 Å². The number of primary amides is 1. The number of halogens is 1. The zero-order valence-electron chi connectivity index (χ0n) is 9.58. The predicted molar refractivity (Wildman–Crippen MR) is 69.7 cm³/mol. The third-order valence-corrected chi connectivity index (χ3v) is 2.79. The monoisotopic (exact) mass is 299 g/mol. The number of anilines is 1. The second kappa shape index (κ2) is 5.67. The summed E-state index contributed by atoms with van der Waals surface area (Å²) in [5.74, 6) is -0.468. The number of hydrogen-bond donors (Lipinski definition) is 3. The number of carbonyl (C=O) groups is 2. The minimum atomic E-state index is -0.855. The molecule has 4 N–H and O–H groups in total. The molecule has 3 amide bonds. The Labute approximate surface area is 108 Å². The van der Waals surface area contributed by atoms with Crippen molar-refractivity contribution in [1.29, 1.82) is 0 Å². The Balaban J connectivity index is 2.70. The van der Waals surface area contributed by atoms with E-state index in [9.17, 15) is 9.59 Å². The molecule has 0 aliphatic heterocycles. The molecule has 0 heterocycles. The largest absolute Gasteiger partial charge is 0.373 e. The molecule has 0 saturated carbocycles. The third kappa shape index (κ3) is 4.07. The Bertz CT molecular complexity index is 448. The van der Waals surface area contributed by atoms with E-state index in [1.807, 2.05) is 30.4 Å². The predicted octanol–water partition coefficient (Wildman–Crippen LogP) is 1.75. The number of nitrogens with two attached hydrogens (primary N) is 1. The van der Waals surface area contributed by atoms with Crippen molar-refractivity contribution in [3.8, 4) is 0 Å². The molecule has 0 bridgehead atoms. The molecule has 0 aromatic heterocycles. The highest BCUT2D eigenvalue weighted by atomic mass is 79.9. The number of rotatable bonds is 3. The van der Waals surface area contributed by atoms with E-state index in [1.165, 1.54) is 0 Å². The van der Waals surface area contributed by atoms with Crippen LogP contribution in [0.2, 0.25) is 0 Å². The van der Waals surface area contributed by atoms with Crippen LogP contribution >= 0.6 is 15.9 Å². The van der Waals surface area contributed by atoms with Gasteiger partial charge in [0.15, 0.2) is 0 Å². The number of imide groups is 1. The second-order valence-electron chi connectivity index (χ2n) is 3.70. The maximum atomic E-state index is 11.4. The van der Waals surface area contributed by atoms with Crippen LogP contribution in [0, 0.1) is 6.92 Å². The number of hydrogen-bond acceptors (Lipinski definition) is 3. The van der Waals surface area contributed by atoms with Gasteiger partial charge in [-0.05, 0) is 47.5 Å². The Kier molecular flexibility index (Phi) is 4.51. The second-order valence-corrected chi connectivity index (χ2v) is 4.56. The summed E-state index contributed by atoms with van der Waals surface area (Å²) in [7, 11) is 0. The van der Waals surface area contributed by atoms with Gasteiger partial charge in [-0.2, -0.15) is 0 Å². The average molecular weight is 300 g/mol. The summed E-state index contributed by atoms with van der Waals surface area (Å²) >= 11 is 3.39. The molecule has 1 atom stereocenters. The van der Waals surface area contributed by atoms with Gasteiger partial charge in [0.1, 0.15) is 6.04 Å². The zero-order valence-corrected chi connectivity index (χ0v) is 11.2. The number of aryl methyl sites for hydroxylation is 1. The van der Waals surface area contributed by atoms with Crippen LogP contribution < -0.4 is 16.4 Å². The quantitative estimate of drug-likeness (QED) is 0.795. The van der Waals surface area contributed by atoms with E-state index in [1.54, 1.807) is 6.92 Å². The smallest absolute Gasteiger partial charge is 0.318 e. The highest BCUT2D eigenvalue weighted by Crippen LogP contribution is 2.23. The Hall–Kier alpha value is -1.56. The Morgan fingerprint density at radius 3 is 2.59 bits per heavy atom. The lowest BCUT2D eigenvalue weighted by molar-refractivity contribution is -0.120. The maximum Gasteiger partial charge on any atom is 0.318 e. The number of benzene rings is 1. The van der Waals surface area contributed by atoms with Crippen molar-refractivity contribution in [3.63, 3.8) is 0 Å². The molecular formula is C11H14BrN3O2. The molecular weight excluding hydrogens is 286 g/mol. The van der Waals surface area contributed by atoms with Gasteiger partial charge in [-0.25, -0.2) is 4.79 Å². The normalized spacial score (nSPS) is 11.7. The first-order valence-corrected chi connectivity index (χ1v) is 5.82. The lowest BCUT2D eigenvalue weighted by atomic mass is 10.2. The molecule has 0 radical (unpaired) electrons. The van der Waals surface area contributed by atoms with Crippen molar-refractivity contribution < 1.29 is 9.59 Å². The molecule has 1 rings (SSSR count). The molecule has 0 aliphatic carbocycles. The van der Waals surface area contributed by atoms with Crippen molar-refractivity contribution in [2.45, 2.75) is 19.9 Å². The summed E-state index contributed by atoms with van der Waals surface area (Å²) in [5.41, 5.74) is 6.75. The molecule has 1 aromatic carbocycles. The molecule has 1 unspecified atom stereocenters. The highest BCUT2D eigenvalue weighted by molar-refractivity contribution is 9.10. The molecule has 0 spiro atoms. The fourth-order valence-corrected chi connectivity index (χ4v) is 1.87. The van der Waals surface area contributed by atoms with Crippen LogP contribution in [0.1, 0.15) is 12.5 Å². The summed E-state index contributed by atoms with van der Waals surface area (Å²) in [6.45, 7) is 3.61.